The van der Waals surface area contributed by atoms with Crippen molar-refractivity contribution in [2.75, 3.05) is 16.8 Å². The summed E-state index contributed by atoms with van der Waals surface area (Å²) in [5, 5.41) is 22.8. The Morgan fingerprint density at radius 1 is 1.35 bits per heavy atom. The number of halogens is 1. The van der Waals surface area contributed by atoms with Gasteiger partial charge in [-0.1, -0.05) is 29.8 Å². The third-order valence-electron chi connectivity index (χ3n) is 3.98. The van der Waals surface area contributed by atoms with Crippen LogP contribution in [-0.2, 0) is 11.2 Å². The number of para-hydroxylation sites is 1. The predicted molar refractivity (Wildman–Crippen MR) is 97.9 cm³/mol. The molecule has 1 amide bonds. The van der Waals surface area contributed by atoms with Crippen LogP contribution >= 0.6 is 11.6 Å². The molecule has 7 nitrogen and oxygen atoms in total. The maximum Gasteiger partial charge on any atom is 0.271 e. The van der Waals surface area contributed by atoms with E-state index < -0.39 is 10.8 Å². The Hall–Kier alpha value is -3.37. The van der Waals surface area contributed by atoms with Crippen molar-refractivity contribution in [2.45, 2.75) is 6.42 Å². The number of nitro benzene ring substituents is 1. The summed E-state index contributed by atoms with van der Waals surface area (Å²) in [6.07, 6.45) is 2.30. The fraction of sp³-hybridized carbons (Fsp3) is 0.111. The summed E-state index contributed by atoms with van der Waals surface area (Å²) < 4.78 is 0. The Kier molecular flexibility index (Phi) is 4.87. The van der Waals surface area contributed by atoms with E-state index in [1.807, 2.05) is 35.2 Å². The maximum absolute atomic E-state index is 12.4. The van der Waals surface area contributed by atoms with E-state index in [2.05, 4.69) is 5.32 Å². The van der Waals surface area contributed by atoms with E-state index in [1.54, 1.807) is 0 Å². The summed E-state index contributed by atoms with van der Waals surface area (Å²) in [4.78, 5) is 24.5. The van der Waals surface area contributed by atoms with Gasteiger partial charge < -0.3 is 10.2 Å². The predicted octanol–water partition coefficient (Wildman–Crippen LogP) is 3.66. The number of hydrogen-bond acceptors (Lipinski definition) is 5. The van der Waals surface area contributed by atoms with Gasteiger partial charge in [-0.05, 0) is 24.1 Å². The number of benzene rings is 2. The molecule has 0 bridgehead atoms. The average Bonchev–Trinajstić information content (AvgIpc) is 3.04. The number of nitrogens with zero attached hydrogens (tertiary/aromatic N) is 3. The standard InChI is InChI=1S/C18H13ClN4O3/c19-15-6-5-14(23(25)26)9-16(15)21-18(24)13(10-20)11-22-8-7-12-3-1-2-4-17(12)22/h1-6,9,11H,7-8H2,(H,21,24)/b13-11-. The molecule has 8 heteroatoms. The molecule has 0 saturated heterocycles. The van der Waals surface area contributed by atoms with Crippen molar-refractivity contribution in [1.82, 2.24) is 0 Å². The molecule has 0 aromatic heterocycles. The van der Waals surface area contributed by atoms with Crippen LogP contribution in [0.2, 0.25) is 5.02 Å². The molecule has 1 N–H and O–H groups in total. The maximum atomic E-state index is 12.4. The van der Waals surface area contributed by atoms with E-state index in [-0.39, 0.29) is 22.0 Å². The monoisotopic (exact) mass is 368 g/mol. The lowest BCUT2D eigenvalue weighted by atomic mass is 10.2. The van der Waals surface area contributed by atoms with Crippen LogP contribution < -0.4 is 10.2 Å². The van der Waals surface area contributed by atoms with E-state index in [0.717, 1.165) is 23.7 Å². The number of nitriles is 1. The van der Waals surface area contributed by atoms with Gasteiger partial charge in [0.25, 0.3) is 11.6 Å². The molecule has 0 saturated carbocycles. The highest BCUT2D eigenvalue weighted by molar-refractivity contribution is 6.34. The minimum atomic E-state index is -0.681. The van der Waals surface area contributed by atoms with E-state index >= 15 is 0 Å². The molecular weight excluding hydrogens is 356 g/mol. The van der Waals surface area contributed by atoms with Gasteiger partial charge in [0.15, 0.2) is 0 Å². The fourth-order valence-corrected chi connectivity index (χ4v) is 2.87. The molecule has 26 heavy (non-hydrogen) atoms. The number of non-ortho nitro benzene ring substituents is 1. The molecule has 130 valence electrons. The first-order chi connectivity index (χ1) is 12.5. The minimum Gasteiger partial charge on any atom is -0.346 e. The third kappa shape index (κ3) is 3.50. The third-order valence-corrected chi connectivity index (χ3v) is 4.31. The Morgan fingerprint density at radius 3 is 2.85 bits per heavy atom. The van der Waals surface area contributed by atoms with Crippen molar-refractivity contribution in [3.8, 4) is 6.07 Å². The largest absolute Gasteiger partial charge is 0.346 e. The first-order valence-electron chi connectivity index (χ1n) is 7.71. The number of rotatable bonds is 4. The molecule has 0 fully saturated rings. The number of anilines is 2. The Morgan fingerprint density at radius 2 is 2.12 bits per heavy atom. The SMILES string of the molecule is N#C/C(=C/N1CCc2ccccc21)C(=O)Nc1cc([N+](=O)[O-])ccc1Cl. The molecule has 1 aliphatic rings. The fourth-order valence-electron chi connectivity index (χ4n) is 2.70. The second kappa shape index (κ2) is 7.25. The molecule has 0 atom stereocenters. The topological polar surface area (TPSA) is 99.3 Å². The molecule has 3 rings (SSSR count). The molecule has 0 aliphatic carbocycles. The zero-order chi connectivity index (χ0) is 18.7. The zero-order valence-electron chi connectivity index (χ0n) is 13.5. The van der Waals surface area contributed by atoms with Crippen molar-refractivity contribution in [3.05, 3.63) is 74.9 Å². The Labute approximate surface area is 154 Å². The van der Waals surface area contributed by atoms with Crippen LogP contribution in [0.25, 0.3) is 0 Å². The van der Waals surface area contributed by atoms with Gasteiger partial charge in [-0.2, -0.15) is 5.26 Å². The van der Waals surface area contributed by atoms with Crippen molar-refractivity contribution in [1.29, 1.82) is 5.26 Å². The van der Waals surface area contributed by atoms with Gasteiger partial charge in [0.2, 0.25) is 0 Å². The zero-order valence-corrected chi connectivity index (χ0v) is 14.2. The first kappa shape index (κ1) is 17.5. The van der Waals surface area contributed by atoms with Crippen LogP contribution in [0.3, 0.4) is 0 Å². The minimum absolute atomic E-state index is 0.0776. The van der Waals surface area contributed by atoms with Crippen LogP contribution in [0, 0.1) is 21.4 Å². The van der Waals surface area contributed by atoms with Crippen LogP contribution in [-0.4, -0.2) is 17.4 Å². The molecular formula is C18H13ClN4O3. The van der Waals surface area contributed by atoms with E-state index in [0.29, 0.717) is 6.54 Å². The highest BCUT2D eigenvalue weighted by atomic mass is 35.5. The Balaban J connectivity index is 1.84. The van der Waals surface area contributed by atoms with E-state index in [1.165, 1.54) is 18.3 Å². The van der Waals surface area contributed by atoms with Crippen molar-refractivity contribution in [2.24, 2.45) is 0 Å². The van der Waals surface area contributed by atoms with Gasteiger partial charge in [-0.3, -0.25) is 14.9 Å². The molecule has 2 aromatic carbocycles. The lowest BCUT2D eigenvalue weighted by Gasteiger charge is -2.15. The number of carbonyl (C=O) groups is 1. The lowest BCUT2D eigenvalue weighted by Crippen LogP contribution is -2.19. The molecule has 0 spiro atoms. The molecule has 2 aromatic rings. The van der Waals surface area contributed by atoms with Gasteiger partial charge in [0.05, 0.1) is 15.6 Å². The van der Waals surface area contributed by atoms with Crippen LogP contribution in [0.15, 0.2) is 54.2 Å². The van der Waals surface area contributed by atoms with Crippen molar-refractivity contribution >= 4 is 34.6 Å². The van der Waals surface area contributed by atoms with Gasteiger partial charge in [0, 0.05) is 30.6 Å². The second-order valence-corrected chi connectivity index (χ2v) is 6.01. The van der Waals surface area contributed by atoms with Crippen molar-refractivity contribution < 1.29 is 9.72 Å². The number of amides is 1. The van der Waals surface area contributed by atoms with Gasteiger partial charge in [0.1, 0.15) is 11.6 Å². The summed E-state index contributed by atoms with van der Waals surface area (Å²) in [5.74, 6) is -0.681. The van der Waals surface area contributed by atoms with Gasteiger partial charge in [-0.15, -0.1) is 0 Å². The highest BCUT2D eigenvalue weighted by Gasteiger charge is 2.20. The van der Waals surface area contributed by atoms with Crippen LogP contribution in [0.5, 0.6) is 0 Å². The summed E-state index contributed by atoms with van der Waals surface area (Å²) in [6.45, 7) is 0.662. The van der Waals surface area contributed by atoms with E-state index in [9.17, 15) is 20.2 Å². The van der Waals surface area contributed by atoms with Gasteiger partial charge in [-0.25, -0.2) is 0 Å². The number of fused-ring (bicyclic) bond motifs is 1. The summed E-state index contributed by atoms with van der Waals surface area (Å²) in [5.41, 5.74) is 1.84. The number of nitro groups is 1. The second-order valence-electron chi connectivity index (χ2n) is 5.60. The van der Waals surface area contributed by atoms with Crippen LogP contribution in [0.4, 0.5) is 17.1 Å². The molecule has 1 aliphatic heterocycles. The number of carbonyl (C=O) groups excluding carboxylic acids is 1. The first-order valence-corrected chi connectivity index (χ1v) is 8.09. The van der Waals surface area contributed by atoms with E-state index in [4.69, 9.17) is 11.6 Å². The van der Waals surface area contributed by atoms with Gasteiger partial charge >= 0.3 is 0 Å². The smallest absolute Gasteiger partial charge is 0.271 e. The average molecular weight is 369 g/mol. The lowest BCUT2D eigenvalue weighted by molar-refractivity contribution is -0.384. The van der Waals surface area contributed by atoms with Crippen LogP contribution in [0.1, 0.15) is 5.56 Å². The quantitative estimate of drug-likeness (QED) is 0.384. The Bertz CT molecular complexity index is 965. The summed E-state index contributed by atoms with van der Waals surface area (Å²) in [7, 11) is 0. The molecule has 0 unspecified atom stereocenters. The summed E-state index contributed by atoms with van der Waals surface area (Å²) in [6, 6.07) is 13.3. The van der Waals surface area contributed by atoms with Crippen molar-refractivity contribution in [3.63, 3.8) is 0 Å². The number of hydrogen-bond donors (Lipinski definition) is 1. The highest BCUT2D eigenvalue weighted by Crippen LogP contribution is 2.29. The number of nitrogens with one attached hydrogen (secondary N) is 1. The summed E-state index contributed by atoms with van der Waals surface area (Å²) >= 11 is 5.98. The molecule has 1 heterocycles. The normalized spacial score (nSPS) is 13.1. The molecule has 0 radical (unpaired) electrons.